The highest BCUT2D eigenvalue weighted by atomic mass is 16.2. The lowest BCUT2D eigenvalue weighted by Crippen LogP contribution is -2.40. The third-order valence-electron chi connectivity index (χ3n) is 3.47. The Balaban J connectivity index is 1.80. The molecule has 2 fully saturated rings. The summed E-state index contributed by atoms with van der Waals surface area (Å²) in [5.74, 6) is 0.252. The van der Waals surface area contributed by atoms with Gasteiger partial charge >= 0.3 is 0 Å². The Bertz CT molecular complexity index is 238. The Morgan fingerprint density at radius 3 is 2.47 bits per heavy atom. The van der Waals surface area contributed by atoms with Crippen molar-refractivity contribution in [2.45, 2.75) is 38.9 Å². The first-order chi connectivity index (χ1) is 7.18. The van der Waals surface area contributed by atoms with E-state index in [0.717, 1.165) is 13.1 Å². The van der Waals surface area contributed by atoms with Gasteiger partial charge in [-0.1, -0.05) is 0 Å². The van der Waals surface area contributed by atoms with E-state index in [-0.39, 0.29) is 18.1 Å². The predicted octanol–water partition coefficient (Wildman–Crippen LogP) is 0.248. The van der Waals surface area contributed by atoms with Crippen LogP contribution in [-0.2, 0) is 4.79 Å². The van der Waals surface area contributed by atoms with E-state index in [2.05, 4.69) is 17.1 Å². The molecule has 0 aromatic rings. The van der Waals surface area contributed by atoms with Crippen LogP contribution in [0.15, 0.2) is 0 Å². The van der Waals surface area contributed by atoms with Crippen molar-refractivity contribution in [3.63, 3.8) is 0 Å². The van der Waals surface area contributed by atoms with Gasteiger partial charge < -0.3 is 9.80 Å². The molecule has 86 valence electrons. The summed E-state index contributed by atoms with van der Waals surface area (Å²) in [5.41, 5.74) is 0. The molecule has 1 N–H and O–H groups in total. The Labute approximate surface area is 91.6 Å². The minimum Gasteiger partial charge on any atom is -0.325 e. The zero-order valence-electron chi connectivity index (χ0n) is 9.70. The summed E-state index contributed by atoms with van der Waals surface area (Å²) in [6, 6.07) is -0.00132. The highest BCUT2D eigenvalue weighted by Crippen LogP contribution is 2.11. The van der Waals surface area contributed by atoms with E-state index in [1.54, 1.807) is 0 Å². The third-order valence-corrected chi connectivity index (χ3v) is 3.47. The SMILES string of the molecule is CC1NC(C)N(CCN2CCCC2)C1=O. The molecule has 0 bridgehead atoms. The van der Waals surface area contributed by atoms with Crippen LogP contribution in [0.2, 0.25) is 0 Å². The number of nitrogens with zero attached hydrogens (tertiary/aromatic N) is 2. The van der Waals surface area contributed by atoms with Crippen molar-refractivity contribution in [2.75, 3.05) is 26.2 Å². The second-order valence-corrected chi connectivity index (χ2v) is 4.64. The molecule has 2 atom stereocenters. The third kappa shape index (κ3) is 2.32. The molecule has 2 heterocycles. The smallest absolute Gasteiger partial charge is 0.240 e. The lowest BCUT2D eigenvalue weighted by molar-refractivity contribution is -0.129. The summed E-state index contributed by atoms with van der Waals surface area (Å²) in [7, 11) is 0. The van der Waals surface area contributed by atoms with Crippen molar-refractivity contribution >= 4 is 5.91 Å². The molecule has 0 saturated carbocycles. The van der Waals surface area contributed by atoms with Gasteiger partial charge in [0, 0.05) is 13.1 Å². The number of carbonyl (C=O) groups excluding carboxylic acids is 1. The van der Waals surface area contributed by atoms with Crippen LogP contribution in [0.1, 0.15) is 26.7 Å². The molecule has 0 aromatic carbocycles. The zero-order chi connectivity index (χ0) is 10.8. The van der Waals surface area contributed by atoms with Gasteiger partial charge in [-0.2, -0.15) is 0 Å². The number of likely N-dealkylation sites (tertiary alicyclic amines) is 1. The number of hydrogen-bond acceptors (Lipinski definition) is 3. The predicted molar refractivity (Wildman–Crippen MR) is 59.4 cm³/mol. The van der Waals surface area contributed by atoms with Crippen molar-refractivity contribution in [3.05, 3.63) is 0 Å². The van der Waals surface area contributed by atoms with Gasteiger partial charge in [-0.25, -0.2) is 0 Å². The van der Waals surface area contributed by atoms with Crippen LogP contribution >= 0.6 is 0 Å². The van der Waals surface area contributed by atoms with Crippen LogP contribution in [0.5, 0.6) is 0 Å². The van der Waals surface area contributed by atoms with Crippen molar-refractivity contribution in [3.8, 4) is 0 Å². The van der Waals surface area contributed by atoms with Gasteiger partial charge in [-0.15, -0.1) is 0 Å². The second kappa shape index (κ2) is 4.49. The summed E-state index contributed by atoms with van der Waals surface area (Å²) in [6.07, 6.45) is 2.84. The molecule has 0 aliphatic carbocycles. The monoisotopic (exact) mass is 211 g/mol. The first-order valence-corrected chi connectivity index (χ1v) is 5.97. The fraction of sp³-hybridized carbons (Fsp3) is 0.909. The van der Waals surface area contributed by atoms with Gasteiger partial charge in [0.05, 0.1) is 12.2 Å². The van der Waals surface area contributed by atoms with Gasteiger partial charge in [0.25, 0.3) is 0 Å². The Kier molecular flexibility index (Phi) is 3.26. The van der Waals surface area contributed by atoms with Crippen LogP contribution in [0.3, 0.4) is 0 Å². The molecule has 0 spiro atoms. The molecule has 4 nitrogen and oxygen atoms in total. The average molecular weight is 211 g/mol. The van der Waals surface area contributed by atoms with Crippen molar-refractivity contribution in [1.29, 1.82) is 0 Å². The standard InChI is InChI=1S/C11H21N3O/c1-9-11(15)14(10(2)12-9)8-7-13-5-3-4-6-13/h9-10,12H,3-8H2,1-2H3. The number of amides is 1. The quantitative estimate of drug-likeness (QED) is 0.727. The molecule has 2 rings (SSSR count). The maximum Gasteiger partial charge on any atom is 0.240 e. The summed E-state index contributed by atoms with van der Waals surface area (Å²) in [6.45, 7) is 8.32. The number of nitrogens with one attached hydrogen (secondary N) is 1. The van der Waals surface area contributed by atoms with E-state index in [1.165, 1.54) is 25.9 Å². The molecule has 2 aliphatic rings. The van der Waals surface area contributed by atoms with E-state index in [1.807, 2.05) is 11.8 Å². The maximum atomic E-state index is 11.8. The zero-order valence-corrected chi connectivity index (χ0v) is 9.70. The largest absolute Gasteiger partial charge is 0.325 e. The van der Waals surface area contributed by atoms with Crippen molar-refractivity contribution in [2.24, 2.45) is 0 Å². The number of hydrogen-bond donors (Lipinski definition) is 1. The van der Waals surface area contributed by atoms with E-state index < -0.39 is 0 Å². The van der Waals surface area contributed by atoms with E-state index in [4.69, 9.17) is 0 Å². The Hall–Kier alpha value is -0.610. The molecule has 0 aromatic heterocycles. The lowest BCUT2D eigenvalue weighted by atomic mass is 10.3. The highest BCUT2D eigenvalue weighted by molar-refractivity contribution is 5.83. The van der Waals surface area contributed by atoms with Gasteiger partial charge in [-0.05, 0) is 39.8 Å². The van der Waals surface area contributed by atoms with Gasteiger partial charge in [-0.3, -0.25) is 10.1 Å². The van der Waals surface area contributed by atoms with Crippen molar-refractivity contribution < 1.29 is 4.79 Å². The van der Waals surface area contributed by atoms with Crippen LogP contribution < -0.4 is 5.32 Å². The summed E-state index contributed by atoms with van der Waals surface area (Å²) < 4.78 is 0. The Morgan fingerprint density at radius 2 is 1.93 bits per heavy atom. The molecule has 15 heavy (non-hydrogen) atoms. The normalized spacial score (nSPS) is 32.9. The molecule has 2 aliphatic heterocycles. The van der Waals surface area contributed by atoms with Gasteiger partial charge in [0.1, 0.15) is 0 Å². The first kappa shape index (κ1) is 10.9. The molecular weight excluding hydrogens is 190 g/mol. The molecule has 1 amide bonds. The summed E-state index contributed by atoms with van der Waals surface area (Å²) in [4.78, 5) is 16.2. The van der Waals surface area contributed by atoms with Crippen LogP contribution in [0.4, 0.5) is 0 Å². The molecular formula is C11H21N3O. The fourth-order valence-electron chi connectivity index (χ4n) is 2.52. The van der Waals surface area contributed by atoms with Gasteiger partial charge in [0.2, 0.25) is 5.91 Å². The molecule has 4 heteroatoms. The van der Waals surface area contributed by atoms with E-state index >= 15 is 0 Å². The average Bonchev–Trinajstić information content (AvgIpc) is 2.76. The molecule has 2 saturated heterocycles. The minimum absolute atomic E-state index is 0.00132. The van der Waals surface area contributed by atoms with E-state index in [0.29, 0.717) is 0 Å². The van der Waals surface area contributed by atoms with Gasteiger partial charge in [0.15, 0.2) is 0 Å². The van der Waals surface area contributed by atoms with Crippen LogP contribution in [0, 0.1) is 0 Å². The molecule has 0 radical (unpaired) electrons. The second-order valence-electron chi connectivity index (χ2n) is 4.64. The number of carbonyl (C=O) groups is 1. The maximum absolute atomic E-state index is 11.8. The Morgan fingerprint density at radius 1 is 1.27 bits per heavy atom. The van der Waals surface area contributed by atoms with E-state index in [9.17, 15) is 4.79 Å². The highest BCUT2D eigenvalue weighted by Gasteiger charge is 2.33. The lowest BCUT2D eigenvalue weighted by Gasteiger charge is -2.24. The minimum atomic E-state index is -0.00132. The fourth-order valence-corrected chi connectivity index (χ4v) is 2.52. The molecule has 2 unspecified atom stereocenters. The summed E-state index contributed by atoms with van der Waals surface area (Å²) >= 11 is 0. The topological polar surface area (TPSA) is 35.6 Å². The number of rotatable bonds is 3. The first-order valence-electron chi connectivity index (χ1n) is 5.97. The van der Waals surface area contributed by atoms with Crippen LogP contribution in [-0.4, -0.2) is 54.1 Å². The van der Waals surface area contributed by atoms with Crippen LogP contribution in [0.25, 0.3) is 0 Å². The summed E-state index contributed by atoms with van der Waals surface area (Å²) in [5, 5.41) is 3.25. The van der Waals surface area contributed by atoms with Crippen molar-refractivity contribution in [1.82, 2.24) is 15.1 Å².